The molecule has 2 unspecified atom stereocenters. The Bertz CT molecular complexity index is 235. The minimum Gasteiger partial charge on any atom is -0.394 e. The number of ether oxygens (including phenoxy) is 1. The molecule has 2 N–H and O–H groups in total. The SMILES string of the molecule is CNC1(CO)CCCC1CCOCC1CCCC1. The summed E-state index contributed by atoms with van der Waals surface area (Å²) in [5, 5.41) is 13.0. The fourth-order valence-electron chi connectivity index (χ4n) is 3.83. The van der Waals surface area contributed by atoms with E-state index in [-0.39, 0.29) is 12.1 Å². The number of hydrogen-bond donors (Lipinski definition) is 2. The molecule has 0 aromatic rings. The van der Waals surface area contributed by atoms with Gasteiger partial charge in [0.1, 0.15) is 0 Å². The summed E-state index contributed by atoms with van der Waals surface area (Å²) in [6.07, 6.45) is 10.2. The standard InChI is InChI=1S/C15H29NO2/c1-16-15(12-17)9-4-7-14(15)8-10-18-11-13-5-2-3-6-13/h13-14,16-17H,2-12H2,1H3. The highest BCUT2D eigenvalue weighted by Gasteiger charge is 2.40. The van der Waals surface area contributed by atoms with Crippen molar-refractivity contribution < 1.29 is 9.84 Å². The van der Waals surface area contributed by atoms with Gasteiger partial charge in [-0.2, -0.15) is 0 Å². The lowest BCUT2D eigenvalue weighted by Crippen LogP contribution is -2.49. The van der Waals surface area contributed by atoms with Gasteiger partial charge in [-0.15, -0.1) is 0 Å². The van der Waals surface area contributed by atoms with Gasteiger partial charge in [-0.05, 0) is 51.0 Å². The Kier molecular flexibility index (Phi) is 5.46. The van der Waals surface area contributed by atoms with Gasteiger partial charge in [-0.1, -0.05) is 19.3 Å². The van der Waals surface area contributed by atoms with Crippen molar-refractivity contribution in [1.82, 2.24) is 5.32 Å². The molecular weight excluding hydrogens is 226 g/mol. The van der Waals surface area contributed by atoms with Gasteiger partial charge in [0.25, 0.3) is 0 Å². The van der Waals surface area contributed by atoms with Gasteiger partial charge >= 0.3 is 0 Å². The fraction of sp³-hybridized carbons (Fsp3) is 1.00. The molecule has 0 spiro atoms. The summed E-state index contributed by atoms with van der Waals surface area (Å²) in [4.78, 5) is 0. The molecule has 0 aromatic carbocycles. The zero-order valence-electron chi connectivity index (χ0n) is 11.8. The van der Waals surface area contributed by atoms with Crippen LogP contribution < -0.4 is 5.32 Å². The monoisotopic (exact) mass is 255 g/mol. The summed E-state index contributed by atoms with van der Waals surface area (Å²) in [6.45, 7) is 2.08. The Hall–Kier alpha value is -0.120. The van der Waals surface area contributed by atoms with E-state index in [2.05, 4.69) is 5.32 Å². The van der Waals surface area contributed by atoms with Crippen molar-refractivity contribution in [3.63, 3.8) is 0 Å². The second kappa shape index (κ2) is 6.88. The maximum Gasteiger partial charge on any atom is 0.0615 e. The third-order valence-corrected chi connectivity index (χ3v) is 5.18. The van der Waals surface area contributed by atoms with Gasteiger partial charge in [-0.25, -0.2) is 0 Å². The van der Waals surface area contributed by atoms with E-state index in [9.17, 15) is 5.11 Å². The number of rotatable bonds is 7. The third-order valence-electron chi connectivity index (χ3n) is 5.18. The molecule has 18 heavy (non-hydrogen) atoms. The zero-order valence-corrected chi connectivity index (χ0v) is 11.8. The first-order valence-corrected chi connectivity index (χ1v) is 7.68. The van der Waals surface area contributed by atoms with Gasteiger partial charge in [0.2, 0.25) is 0 Å². The van der Waals surface area contributed by atoms with Crippen LogP contribution in [0.5, 0.6) is 0 Å². The van der Waals surface area contributed by atoms with Crippen LogP contribution in [-0.4, -0.2) is 37.5 Å². The molecule has 3 heteroatoms. The van der Waals surface area contributed by atoms with Crippen LogP contribution in [0.2, 0.25) is 0 Å². The highest BCUT2D eigenvalue weighted by Crippen LogP contribution is 2.37. The van der Waals surface area contributed by atoms with Crippen LogP contribution in [0.4, 0.5) is 0 Å². The van der Waals surface area contributed by atoms with Crippen molar-refractivity contribution in [2.75, 3.05) is 26.9 Å². The Morgan fingerprint density at radius 2 is 2.00 bits per heavy atom. The minimum absolute atomic E-state index is 0.0310. The maximum absolute atomic E-state index is 9.61. The van der Waals surface area contributed by atoms with E-state index in [1.165, 1.54) is 38.5 Å². The molecule has 2 rings (SSSR count). The summed E-state index contributed by atoms with van der Waals surface area (Å²) < 4.78 is 5.85. The topological polar surface area (TPSA) is 41.5 Å². The van der Waals surface area contributed by atoms with Crippen molar-refractivity contribution in [3.8, 4) is 0 Å². The Morgan fingerprint density at radius 1 is 1.22 bits per heavy atom. The first kappa shape index (κ1) is 14.3. The number of hydrogen-bond acceptors (Lipinski definition) is 3. The van der Waals surface area contributed by atoms with Gasteiger partial charge in [-0.3, -0.25) is 0 Å². The molecule has 2 aliphatic carbocycles. The molecule has 0 heterocycles. The van der Waals surface area contributed by atoms with Crippen LogP contribution in [0.3, 0.4) is 0 Å². The number of nitrogens with one attached hydrogen (secondary N) is 1. The molecule has 3 nitrogen and oxygen atoms in total. The number of aliphatic hydroxyl groups excluding tert-OH is 1. The van der Waals surface area contributed by atoms with Crippen molar-refractivity contribution in [2.45, 2.75) is 56.9 Å². The van der Waals surface area contributed by atoms with Gasteiger partial charge in [0, 0.05) is 18.8 Å². The fourth-order valence-corrected chi connectivity index (χ4v) is 3.83. The molecule has 0 aromatic heterocycles. The van der Waals surface area contributed by atoms with Crippen molar-refractivity contribution in [2.24, 2.45) is 11.8 Å². The highest BCUT2D eigenvalue weighted by atomic mass is 16.5. The predicted molar refractivity (Wildman–Crippen MR) is 73.6 cm³/mol. The summed E-state index contributed by atoms with van der Waals surface area (Å²) in [6, 6.07) is 0. The Morgan fingerprint density at radius 3 is 2.67 bits per heavy atom. The zero-order chi connectivity index (χ0) is 12.8. The highest BCUT2D eigenvalue weighted by molar-refractivity contribution is 4.97. The van der Waals surface area contributed by atoms with E-state index in [4.69, 9.17) is 4.74 Å². The number of likely N-dealkylation sites (N-methyl/N-ethyl adjacent to an activating group) is 1. The minimum atomic E-state index is -0.0310. The normalized spacial score (nSPS) is 33.3. The Labute approximate surface area is 111 Å². The molecule has 0 radical (unpaired) electrons. The van der Waals surface area contributed by atoms with Crippen LogP contribution in [0.15, 0.2) is 0 Å². The molecule has 0 amide bonds. The molecule has 2 fully saturated rings. The second-order valence-electron chi connectivity index (χ2n) is 6.17. The van der Waals surface area contributed by atoms with Gasteiger partial charge in [0.15, 0.2) is 0 Å². The first-order chi connectivity index (χ1) is 8.80. The largest absolute Gasteiger partial charge is 0.394 e. The molecule has 0 aliphatic heterocycles. The van der Waals surface area contributed by atoms with Gasteiger partial charge in [0.05, 0.1) is 6.61 Å². The van der Waals surface area contributed by atoms with E-state index < -0.39 is 0 Å². The molecule has 2 saturated carbocycles. The number of aliphatic hydroxyl groups is 1. The Balaban J connectivity index is 1.66. The lowest BCUT2D eigenvalue weighted by atomic mass is 9.86. The van der Waals surface area contributed by atoms with Crippen LogP contribution in [0.1, 0.15) is 51.4 Å². The van der Waals surface area contributed by atoms with Crippen molar-refractivity contribution in [1.29, 1.82) is 0 Å². The molecule has 2 atom stereocenters. The maximum atomic E-state index is 9.61. The third kappa shape index (κ3) is 3.25. The predicted octanol–water partition coefficient (Wildman–Crippen LogP) is 2.33. The van der Waals surface area contributed by atoms with Gasteiger partial charge < -0.3 is 15.2 Å². The van der Waals surface area contributed by atoms with E-state index in [0.717, 1.165) is 32.0 Å². The molecule has 106 valence electrons. The quantitative estimate of drug-likeness (QED) is 0.686. The van der Waals surface area contributed by atoms with Crippen LogP contribution in [-0.2, 0) is 4.74 Å². The molecule has 0 bridgehead atoms. The van der Waals surface area contributed by atoms with Crippen LogP contribution in [0.25, 0.3) is 0 Å². The summed E-state index contributed by atoms with van der Waals surface area (Å²) in [5.41, 5.74) is -0.0310. The summed E-state index contributed by atoms with van der Waals surface area (Å²) in [5.74, 6) is 1.40. The van der Waals surface area contributed by atoms with E-state index in [0.29, 0.717) is 5.92 Å². The van der Waals surface area contributed by atoms with Crippen LogP contribution in [0, 0.1) is 11.8 Å². The molecular formula is C15H29NO2. The van der Waals surface area contributed by atoms with Crippen molar-refractivity contribution in [3.05, 3.63) is 0 Å². The molecule has 2 aliphatic rings. The van der Waals surface area contributed by atoms with E-state index in [1.54, 1.807) is 0 Å². The van der Waals surface area contributed by atoms with E-state index in [1.807, 2.05) is 7.05 Å². The van der Waals surface area contributed by atoms with Crippen LogP contribution >= 0.6 is 0 Å². The average Bonchev–Trinajstić information content (AvgIpc) is 3.04. The lowest BCUT2D eigenvalue weighted by Gasteiger charge is -2.33. The summed E-state index contributed by atoms with van der Waals surface area (Å²) in [7, 11) is 1.98. The second-order valence-corrected chi connectivity index (χ2v) is 6.17. The average molecular weight is 255 g/mol. The molecule has 0 saturated heterocycles. The lowest BCUT2D eigenvalue weighted by molar-refractivity contribution is 0.0666. The summed E-state index contributed by atoms with van der Waals surface area (Å²) >= 11 is 0. The first-order valence-electron chi connectivity index (χ1n) is 7.68. The smallest absolute Gasteiger partial charge is 0.0615 e. The van der Waals surface area contributed by atoms with Crippen molar-refractivity contribution >= 4 is 0 Å². The van der Waals surface area contributed by atoms with E-state index >= 15 is 0 Å².